The Bertz CT molecular complexity index is 4890. The molecule has 21 nitrogen and oxygen atoms in total. The summed E-state index contributed by atoms with van der Waals surface area (Å²) in [6.45, 7) is 15.0. The van der Waals surface area contributed by atoms with Crippen LogP contribution in [-0.2, 0) is 47.4 Å². The fourth-order valence-electron chi connectivity index (χ4n) is 14.9. The number of halogens is 9. The Hall–Kier alpha value is -10.5. The van der Waals surface area contributed by atoms with Gasteiger partial charge in [0.05, 0.1) is 40.1 Å². The fraction of sp³-hybridized carbons (Fsp3) is 0.390. The van der Waals surface area contributed by atoms with Crippen molar-refractivity contribution < 1.29 is 62.7 Å². The summed E-state index contributed by atoms with van der Waals surface area (Å²) < 4.78 is 141. The molecule has 5 atom stereocenters. The zero-order chi connectivity index (χ0) is 75.8. The second-order valence-electron chi connectivity index (χ2n) is 27.8. The maximum Gasteiger partial charge on any atom is 0.419 e. The first-order valence-electron chi connectivity index (χ1n) is 35.4. The molecule has 15 rings (SSSR count). The first-order chi connectivity index (χ1) is 51.1. The molecule has 0 spiro atoms. The summed E-state index contributed by atoms with van der Waals surface area (Å²) >= 11 is 0. The average molecular weight is 1480 g/mol. The number of carbonyl (C=O) groups excluding carboxylic acids is 2. The van der Waals surface area contributed by atoms with Gasteiger partial charge in [0.15, 0.2) is 0 Å². The standard InChI is InChI=1S/C27H29F3N6O2.C27H28F3N5O2.C23H22F3N5O/c1-14-23(15(2)38-35-14)17-6-7-20-16(9-17)5-8-21(20)24-22(27(28,29)30)13-32-26(34-24)33-19-10-18(11-31-12-19)25(37)36(3)4;1-4-23(36)18-10-19(12-31-11-18)33-26-32-13-22(27(28,29)30)25(34-26)21-8-5-16-9-17(6-7-20(16)21)24-14(2)35-37-15(24)3;1-13-19(12-32-31-13)15-4-6-17-14(9-15)5-7-18(17)21-20(23(24,25)26)11-28-22(30-21)29-16-3-2-8-27-10-16/h6-9,13,18-19,31H,5,10-12H2,1-4H3,(H,32,33,34);6-9,13,18-19,31H,4-5,10-12H2,1-3H3,(H,32,33,34);4,6-7,9,11-12,16,27H,2-3,5,8,10H2,1H3,(H,28,29,30)/t2*18-,19+;16-/m110/s1. The molecular formula is C77H79F9N16O5. The van der Waals surface area contributed by atoms with Crippen LogP contribution in [0.4, 0.5) is 57.4 Å². The lowest BCUT2D eigenvalue weighted by Gasteiger charge is -2.31. The molecule has 0 saturated carbocycles. The van der Waals surface area contributed by atoms with Crippen LogP contribution in [-0.4, -0.2) is 133 Å². The van der Waals surface area contributed by atoms with E-state index in [1.54, 1.807) is 43.5 Å². The number of fused-ring (bicyclic) bond motifs is 3. The molecule has 3 aromatic carbocycles. The molecule has 9 heterocycles. The molecule has 0 unspecified atom stereocenters. The van der Waals surface area contributed by atoms with E-state index in [1.807, 2.05) is 96.1 Å². The van der Waals surface area contributed by atoms with E-state index in [0.717, 1.165) is 117 Å². The van der Waals surface area contributed by atoms with E-state index in [9.17, 15) is 49.1 Å². The number of piperidine rings is 3. The molecule has 3 aliphatic carbocycles. The largest absolute Gasteiger partial charge is 0.419 e. The number of aromatic nitrogens is 9. The third-order valence-electron chi connectivity index (χ3n) is 20.1. The normalized spacial score (nSPS) is 19.0. The maximum atomic E-state index is 14.0. The first kappa shape index (κ1) is 74.8. The Morgan fingerprint density at radius 3 is 1.31 bits per heavy atom. The van der Waals surface area contributed by atoms with Crippen LogP contribution >= 0.6 is 0 Å². The van der Waals surface area contributed by atoms with Crippen LogP contribution in [0.5, 0.6) is 0 Å². The predicted molar refractivity (Wildman–Crippen MR) is 383 cm³/mol. The van der Waals surface area contributed by atoms with Crippen LogP contribution < -0.4 is 31.9 Å². The number of hydrogen-bond donors (Lipinski definition) is 6. The molecule has 6 aromatic heterocycles. The number of allylic oxidation sites excluding steroid dienone is 3. The van der Waals surface area contributed by atoms with Gasteiger partial charge in [0.2, 0.25) is 23.8 Å². The highest BCUT2D eigenvalue weighted by Crippen LogP contribution is 2.46. The lowest BCUT2D eigenvalue weighted by molar-refractivity contribution is -0.139. The average Bonchev–Trinajstić information content (AvgIpc) is 1.71. The van der Waals surface area contributed by atoms with Crippen molar-refractivity contribution in [2.45, 2.75) is 130 Å². The SMILES string of the molecule is CCC(=O)[C@H]1CNC[C@@H](Nc2ncc(C(F)(F)F)c(C3=CCc4cc(-c5c(C)noc5C)ccc43)n2)C1.Cc1noc(C)c1-c1ccc2c(c1)CC=C2c1nc(N[C@@H]2CNC[C@H](C(=O)N(C)C)C2)ncc1C(F)(F)F.Cc1nocc1-c1ccc2c(c1)CC=C2c1nc(N[C@H]2CCCNC2)ncc1C(F)(F)F. The second kappa shape index (κ2) is 30.8. The predicted octanol–water partition coefficient (Wildman–Crippen LogP) is 14.0. The maximum absolute atomic E-state index is 14.0. The molecule has 0 bridgehead atoms. The zero-order valence-electron chi connectivity index (χ0n) is 59.9. The zero-order valence-corrected chi connectivity index (χ0v) is 59.9. The fourth-order valence-corrected chi connectivity index (χ4v) is 14.9. The van der Waals surface area contributed by atoms with Gasteiger partial charge in [-0.15, -0.1) is 0 Å². The molecule has 3 fully saturated rings. The van der Waals surface area contributed by atoms with Gasteiger partial charge in [0.25, 0.3) is 0 Å². The summed E-state index contributed by atoms with van der Waals surface area (Å²) in [6.07, 6.45) is 0.669. The summed E-state index contributed by atoms with van der Waals surface area (Å²) in [7, 11) is 3.41. The Morgan fingerprint density at radius 2 is 0.925 bits per heavy atom. The third-order valence-corrected chi connectivity index (χ3v) is 20.1. The minimum atomic E-state index is -4.62. The number of rotatable bonds is 15. The van der Waals surface area contributed by atoms with Gasteiger partial charge < -0.3 is 50.4 Å². The molecule has 107 heavy (non-hydrogen) atoms. The smallest absolute Gasteiger partial charge is 0.364 e. The van der Waals surface area contributed by atoms with Crippen LogP contribution in [0.3, 0.4) is 0 Å². The number of anilines is 3. The Morgan fingerprint density at radius 1 is 0.514 bits per heavy atom. The Labute approximate surface area is 610 Å². The van der Waals surface area contributed by atoms with Gasteiger partial charge in [-0.3, -0.25) is 9.59 Å². The molecule has 6 N–H and O–H groups in total. The molecule has 0 radical (unpaired) electrons. The number of nitrogens with one attached hydrogen (secondary N) is 6. The number of carbonyl (C=O) groups is 2. The summed E-state index contributed by atoms with van der Waals surface area (Å²) in [5, 5.41) is 31.1. The van der Waals surface area contributed by atoms with E-state index in [2.05, 4.69) is 77.3 Å². The lowest BCUT2D eigenvalue weighted by Crippen LogP contribution is -2.48. The number of nitrogens with zero attached hydrogens (tertiary/aromatic N) is 10. The summed E-state index contributed by atoms with van der Waals surface area (Å²) in [4.78, 5) is 51.1. The first-order valence-corrected chi connectivity index (χ1v) is 35.4. The number of hydrogen-bond acceptors (Lipinski definition) is 20. The van der Waals surface area contributed by atoms with Crippen molar-refractivity contribution in [2.24, 2.45) is 11.8 Å². The van der Waals surface area contributed by atoms with Crippen molar-refractivity contribution in [1.82, 2.24) is 66.2 Å². The minimum Gasteiger partial charge on any atom is -0.364 e. The van der Waals surface area contributed by atoms with Crippen LogP contribution in [0.25, 0.3) is 50.1 Å². The number of benzene rings is 3. The van der Waals surface area contributed by atoms with Crippen molar-refractivity contribution in [3.8, 4) is 33.4 Å². The highest BCUT2D eigenvalue weighted by atomic mass is 19.4. The number of ketones is 1. The van der Waals surface area contributed by atoms with Crippen LogP contribution in [0, 0.1) is 46.5 Å². The van der Waals surface area contributed by atoms with E-state index >= 15 is 0 Å². The summed E-state index contributed by atoms with van der Waals surface area (Å²) in [5.41, 5.74) is 10.9. The summed E-state index contributed by atoms with van der Waals surface area (Å²) in [6, 6.07) is 16.7. The monoisotopic (exact) mass is 1480 g/mol. The van der Waals surface area contributed by atoms with Crippen LogP contribution in [0.15, 0.2) is 111 Å². The molecule has 560 valence electrons. The molecule has 1 amide bonds. The second-order valence-corrected chi connectivity index (χ2v) is 27.8. The number of amides is 1. The van der Waals surface area contributed by atoms with Crippen LogP contribution in [0.2, 0.25) is 0 Å². The van der Waals surface area contributed by atoms with Crippen molar-refractivity contribution in [3.05, 3.63) is 193 Å². The van der Waals surface area contributed by atoms with Gasteiger partial charge in [0, 0.05) is 129 Å². The molecule has 3 saturated heterocycles. The van der Waals surface area contributed by atoms with Gasteiger partial charge in [-0.05, 0) is 136 Å². The molecule has 6 aliphatic rings. The van der Waals surface area contributed by atoms with E-state index in [1.165, 1.54) is 0 Å². The molecule has 3 aliphatic heterocycles. The van der Waals surface area contributed by atoms with Gasteiger partial charge in [0.1, 0.15) is 40.3 Å². The molecule has 30 heteroatoms. The van der Waals surface area contributed by atoms with Crippen LogP contribution in [0.1, 0.15) is 135 Å². The lowest BCUT2D eigenvalue weighted by atomic mass is 9.91. The van der Waals surface area contributed by atoms with Gasteiger partial charge in [-0.25, -0.2) is 29.9 Å². The number of alkyl halides is 9. The number of Topliss-reactive ketones (excluding diaryl/α,β-unsaturated/α-hetero) is 1. The van der Waals surface area contributed by atoms with E-state index in [-0.39, 0.29) is 76.6 Å². The van der Waals surface area contributed by atoms with Crippen molar-refractivity contribution >= 4 is 46.3 Å². The van der Waals surface area contributed by atoms with Crippen molar-refractivity contribution in [3.63, 3.8) is 0 Å². The Balaban J connectivity index is 0.000000142. The van der Waals surface area contributed by atoms with Gasteiger partial charge in [-0.1, -0.05) is 95.2 Å². The van der Waals surface area contributed by atoms with E-state index in [4.69, 9.17) is 13.6 Å². The van der Waals surface area contributed by atoms with E-state index < -0.39 is 35.2 Å². The summed E-state index contributed by atoms with van der Waals surface area (Å²) in [5.74, 6) is 1.59. The van der Waals surface area contributed by atoms with Crippen molar-refractivity contribution in [1.29, 1.82) is 0 Å². The topological polar surface area (TPSA) is 265 Å². The quantitative estimate of drug-likeness (QED) is 0.0521. The highest BCUT2D eigenvalue weighted by Gasteiger charge is 2.41. The van der Waals surface area contributed by atoms with Crippen molar-refractivity contribution in [2.75, 3.05) is 69.3 Å². The highest BCUT2D eigenvalue weighted by molar-refractivity contribution is 5.89. The Kier molecular flexibility index (Phi) is 21.5. The minimum absolute atomic E-state index is 0.00158. The molecular weight excluding hydrogens is 1400 g/mol. The van der Waals surface area contributed by atoms with Gasteiger partial charge in [-0.2, -0.15) is 39.5 Å². The third kappa shape index (κ3) is 16.3. The number of aryl methyl sites for hydroxylation is 5. The van der Waals surface area contributed by atoms with Gasteiger partial charge >= 0.3 is 18.5 Å². The molecule has 9 aromatic rings. The van der Waals surface area contributed by atoms with E-state index in [0.29, 0.717) is 104 Å².